The lowest BCUT2D eigenvalue weighted by Gasteiger charge is -2.07. The Morgan fingerprint density at radius 2 is 1.92 bits per heavy atom. The molecule has 2 heterocycles. The van der Waals surface area contributed by atoms with Gasteiger partial charge in [-0.25, -0.2) is 22.4 Å². The third-order valence-electron chi connectivity index (χ3n) is 4.55. The second-order valence-corrected chi connectivity index (χ2v) is 7.91. The molecule has 1 saturated carbocycles. The van der Waals surface area contributed by atoms with E-state index < -0.39 is 10.0 Å². The number of rotatable bonds is 4. The maximum Gasteiger partial charge on any atom is 0.269 e. The number of ether oxygens (including phenoxy) is 1. The minimum Gasteiger partial charge on any atom is -0.480 e. The van der Waals surface area contributed by atoms with Crippen molar-refractivity contribution in [2.45, 2.75) is 24.2 Å². The highest BCUT2D eigenvalue weighted by Crippen LogP contribution is 2.50. The summed E-state index contributed by atoms with van der Waals surface area (Å²) < 4.78 is 32.7. The molecule has 6 nitrogen and oxygen atoms in total. The molecule has 124 valence electrons. The van der Waals surface area contributed by atoms with E-state index in [-0.39, 0.29) is 4.90 Å². The van der Waals surface area contributed by atoms with E-state index >= 15 is 0 Å². The van der Waals surface area contributed by atoms with Gasteiger partial charge in [0.05, 0.1) is 17.4 Å². The van der Waals surface area contributed by atoms with Crippen molar-refractivity contribution in [1.82, 2.24) is 13.9 Å². The molecule has 2 aromatic heterocycles. The zero-order chi connectivity index (χ0) is 16.9. The van der Waals surface area contributed by atoms with Crippen LogP contribution in [0.15, 0.2) is 47.8 Å². The molecule has 1 aliphatic rings. The van der Waals surface area contributed by atoms with Crippen molar-refractivity contribution in [3.05, 3.63) is 48.4 Å². The molecule has 4 rings (SSSR count). The fourth-order valence-electron chi connectivity index (χ4n) is 3.11. The van der Waals surface area contributed by atoms with Crippen LogP contribution >= 0.6 is 0 Å². The Bertz CT molecular complexity index is 1010. The van der Waals surface area contributed by atoms with Crippen molar-refractivity contribution < 1.29 is 13.2 Å². The van der Waals surface area contributed by atoms with E-state index in [0.29, 0.717) is 28.7 Å². The Morgan fingerprint density at radius 1 is 1.21 bits per heavy atom. The summed E-state index contributed by atoms with van der Waals surface area (Å²) in [6, 6.07) is 8.36. The van der Waals surface area contributed by atoms with Crippen LogP contribution in [0.25, 0.3) is 11.0 Å². The number of nitrogens with zero attached hydrogens (tertiary/aromatic N) is 3. The van der Waals surface area contributed by atoms with E-state index in [1.165, 1.54) is 17.4 Å². The number of aromatic nitrogens is 3. The first-order chi connectivity index (χ1) is 11.5. The molecule has 0 radical (unpaired) electrons. The van der Waals surface area contributed by atoms with Crippen molar-refractivity contribution in [3.8, 4) is 5.88 Å². The first-order valence-corrected chi connectivity index (χ1v) is 9.18. The Kier molecular flexibility index (Phi) is 3.35. The van der Waals surface area contributed by atoms with Gasteiger partial charge in [0.15, 0.2) is 5.65 Å². The lowest BCUT2D eigenvalue weighted by atomic mass is 10.1. The van der Waals surface area contributed by atoms with Gasteiger partial charge in [-0.2, -0.15) is 0 Å². The summed E-state index contributed by atoms with van der Waals surface area (Å²) in [7, 11) is -2.19. The van der Waals surface area contributed by atoms with Crippen molar-refractivity contribution in [1.29, 1.82) is 0 Å². The minimum atomic E-state index is -3.72. The van der Waals surface area contributed by atoms with Crippen LogP contribution in [0.4, 0.5) is 0 Å². The molecule has 1 fully saturated rings. The first-order valence-electron chi connectivity index (χ1n) is 7.74. The highest BCUT2D eigenvalue weighted by atomic mass is 32.2. The summed E-state index contributed by atoms with van der Waals surface area (Å²) in [6.07, 6.45) is 4.04. The number of benzene rings is 1. The van der Waals surface area contributed by atoms with Crippen molar-refractivity contribution >= 4 is 21.1 Å². The largest absolute Gasteiger partial charge is 0.480 e. The quantitative estimate of drug-likeness (QED) is 0.728. The second-order valence-electron chi connectivity index (χ2n) is 6.10. The molecule has 0 amide bonds. The maximum absolute atomic E-state index is 13.0. The number of fused-ring (bicyclic) bond motifs is 1. The monoisotopic (exact) mass is 343 g/mol. The van der Waals surface area contributed by atoms with Crippen molar-refractivity contribution in [2.75, 3.05) is 7.11 Å². The number of hydrogen-bond acceptors (Lipinski definition) is 5. The summed E-state index contributed by atoms with van der Waals surface area (Å²) in [6.45, 7) is 2.15. The van der Waals surface area contributed by atoms with Gasteiger partial charge >= 0.3 is 0 Å². The van der Waals surface area contributed by atoms with Gasteiger partial charge in [-0.05, 0) is 36.0 Å². The SMILES string of the molecule is COc1ncnc2c1c(C1CC1C)cn2S(=O)(=O)c1ccccc1. The van der Waals surface area contributed by atoms with Gasteiger partial charge in [-0.15, -0.1) is 0 Å². The van der Waals surface area contributed by atoms with E-state index in [1.54, 1.807) is 36.5 Å². The molecule has 0 saturated heterocycles. The molecule has 0 N–H and O–H groups in total. The Morgan fingerprint density at radius 3 is 2.54 bits per heavy atom. The van der Waals surface area contributed by atoms with E-state index in [4.69, 9.17) is 4.74 Å². The van der Waals surface area contributed by atoms with Gasteiger partial charge in [0.25, 0.3) is 10.0 Å². The summed E-state index contributed by atoms with van der Waals surface area (Å²) >= 11 is 0. The predicted octanol–water partition coefficient (Wildman–Crippen LogP) is 2.80. The molecular weight excluding hydrogens is 326 g/mol. The molecule has 1 aromatic carbocycles. The van der Waals surface area contributed by atoms with Crippen LogP contribution < -0.4 is 4.74 Å². The Labute approximate surface area is 140 Å². The molecule has 2 atom stereocenters. The predicted molar refractivity (Wildman–Crippen MR) is 89.6 cm³/mol. The normalized spacial score (nSPS) is 20.2. The van der Waals surface area contributed by atoms with Gasteiger partial charge in [0.2, 0.25) is 5.88 Å². The van der Waals surface area contributed by atoms with Gasteiger partial charge in [0, 0.05) is 6.20 Å². The van der Waals surface area contributed by atoms with Gasteiger partial charge in [-0.1, -0.05) is 25.1 Å². The van der Waals surface area contributed by atoms with E-state index in [1.807, 2.05) is 0 Å². The fourth-order valence-corrected chi connectivity index (χ4v) is 4.46. The molecule has 0 spiro atoms. The fraction of sp³-hybridized carbons (Fsp3) is 0.294. The maximum atomic E-state index is 13.0. The molecule has 2 unspecified atom stereocenters. The van der Waals surface area contributed by atoms with Crippen LogP contribution in [0.5, 0.6) is 5.88 Å². The highest BCUT2D eigenvalue weighted by molar-refractivity contribution is 7.90. The van der Waals surface area contributed by atoms with Crippen LogP contribution in [-0.4, -0.2) is 29.5 Å². The molecule has 3 aromatic rings. The van der Waals surface area contributed by atoms with Crippen LogP contribution in [0.3, 0.4) is 0 Å². The molecule has 7 heteroatoms. The minimum absolute atomic E-state index is 0.231. The summed E-state index contributed by atoms with van der Waals surface area (Å²) in [5.74, 6) is 1.25. The number of methoxy groups -OCH3 is 1. The second kappa shape index (κ2) is 5.31. The smallest absolute Gasteiger partial charge is 0.269 e. The third-order valence-corrected chi connectivity index (χ3v) is 6.21. The summed E-state index contributed by atoms with van der Waals surface area (Å²) in [4.78, 5) is 8.61. The average Bonchev–Trinajstić information content (AvgIpc) is 3.19. The topological polar surface area (TPSA) is 74.1 Å². The lowest BCUT2D eigenvalue weighted by Crippen LogP contribution is -2.12. The Hall–Kier alpha value is -2.41. The molecule has 1 aliphatic carbocycles. The molecule has 0 aliphatic heterocycles. The number of hydrogen-bond donors (Lipinski definition) is 0. The van der Waals surface area contributed by atoms with Crippen LogP contribution in [0, 0.1) is 5.92 Å². The molecule has 0 bridgehead atoms. The van der Waals surface area contributed by atoms with Crippen molar-refractivity contribution in [3.63, 3.8) is 0 Å². The zero-order valence-corrected chi connectivity index (χ0v) is 14.2. The van der Waals surface area contributed by atoms with Crippen LogP contribution in [0.2, 0.25) is 0 Å². The Balaban J connectivity index is 2.00. The van der Waals surface area contributed by atoms with Crippen molar-refractivity contribution in [2.24, 2.45) is 5.92 Å². The summed E-state index contributed by atoms with van der Waals surface area (Å²) in [5, 5.41) is 0.689. The summed E-state index contributed by atoms with van der Waals surface area (Å²) in [5.41, 5.74) is 1.30. The van der Waals surface area contributed by atoms with Gasteiger partial charge < -0.3 is 4.74 Å². The van der Waals surface area contributed by atoms with Crippen LogP contribution in [-0.2, 0) is 10.0 Å². The van der Waals surface area contributed by atoms with Gasteiger partial charge in [-0.3, -0.25) is 0 Å². The molecule has 24 heavy (non-hydrogen) atoms. The average molecular weight is 343 g/mol. The van der Waals surface area contributed by atoms with E-state index in [2.05, 4.69) is 16.9 Å². The standard InChI is InChI=1S/C17H17N3O3S/c1-11-8-13(11)14-9-20(16-15(14)17(23-2)19-10-18-16)24(21,22)12-6-4-3-5-7-12/h3-7,9-11,13H,8H2,1-2H3. The van der Waals surface area contributed by atoms with Crippen LogP contribution in [0.1, 0.15) is 24.8 Å². The highest BCUT2D eigenvalue weighted by Gasteiger charge is 2.38. The lowest BCUT2D eigenvalue weighted by molar-refractivity contribution is 0.402. The van der Waals surface area contributed by atoms with E-state index in [0.717, 1.165) is 12.0 Å². The molecular formula is C17H17N3O3S. The zero-order valence-electron chi connectivity index (χ0n) is 13.4. The van der Waals surface area contributed by atoms with Gasteiger partial charge in [0.1, 0.15) is 6.33 Å². The third kappa shape index (κ3) is 2.19. The first kappa shape index (κ1) is 15.1. The van der Waals surface area contributed by atoms with E-state index in [9.17, 15) is 8.42 Å².